The van der Waals surface area contributed by atoms with E-state index in [0.29, 0.717) is 25.5 Å². The summed E-state index contributed by atoms with van der Waals surface area (Å²) in [5.74, 6) is 0.0701. The first-order valence-electron chi connectivity index (χ1n) is 9.33. The predicted octanol–water partition coefficient (Wildman–Crippen LogP) is 2.39. The minimum atomic E-state index is 0.0598. The molecule has 0 radical (unpaired) electrons. The van der Waals surface area contributed by atoms with Crippen LogP contribution in [0.1, 0.15) is 30.2 Å². The van der Waals surface area contributed by atoms with Crippen LogP contribution in [-0.4, -0.2) is 52.6 Å². The lowest BCUT2D eigenvalue weighted by Crippen LogP contribution is -2.43. The van der Waals surface area contributed by atoms with Gasteiger partial charge in [0.2, 0.25) is 5.91 Å². The van der Waals surface area contributed by atoms with E-state index in [4.69, 9.17) is 16.3 Å². The number of nitrogens with zero attached hydrogens (tertiary/aromatic N) is 3. The lowest BCUT2D eigenvalue weighted by Gasteiger charge is -2.35. The molecule has 1 aromatic heterocycles. The van der Waals surface area contributed by atoms with Gasteiger partial charge in [0.05, 0.1) is 18.4 Å². The van der Waals surface area contributed by atoms with Gasteiger partial charge in [-0.2, -0.15) is 0 Å². The highest BCUT2D eigenvalue weighted by Crippen LogP contribution is 2.30. The first-order valence-corrected chi connectivity index (χ1v) is 9.70. The molecule has 0 spiro atoms. The maximum atomic E-state index is 12.3. The van der Waals surface area contributed by atoms with Crippen molar-refractivity contribution in [3.8, 4) is 0 Å². The summed E-state index contributed by atoms with van der Waals surface area (Å²) in [4.78, 5) is 22.9. The van der Waals surface area contributed by atoms with Crippen molar-refractivity contribution in [1.82, 2.24) is 20.2 Å². The molecule has 0 bridgehead atoms. The number of hydrogen-bond acceptors (Lipinski definition) is 5. The zero-order valence-corrected chi connectivity index (χ0v) is 15.8. The van der Waals surface area contributed by atoms with Crippen molar-refractivity contribution in [2.45, 2.75) is 37.5 Å². The van der Waals surface area contributed by atoms with E-state index in [1.54, 1.807) is 18.6 Å². The molecule has 2 aromatic rings. The molecule has 0 saturated carbocycles. The second-order valence-electron chi connectivity index (χ2n) is 7.18. The summed E-state index contributed by atoms with van der Waals surface area (Å²) in [5.41, 5.74) is 1.99. The zero-order valence-electron chi connectivity index (χ0n) is 15.1. The summed E-state index contributed by atoms with van der Waals surface area (Å²) in [5, 5.41) is 3.90. The van der Waals surface area contributed by atoms with Gasteiger partial charge in [-0.05, 0) is 30.5 Å². The molecule has 2 saturated heterocycles. The molecule has 2 aliphatic heterocycles. The average Bonchev–Trinajstić information content (AvgIpc) is 3.09. The summed E-state index contributed by atoms with van der Waals surface area (Å²) in [7, 11) is 0. The Labute approximate surface area is 163 Å². The third kappa shape index (κ3) is 4.64. The Kier molecular flexibility index (Phi) is 5.66. The van der Waals surface area contributed by atoms with Crippen LogP contribution in [-0.2, 0) is 16.0 Å². The lowest BCUT2D eigenvalue weighted by molar-refractivity contribution is -0.121. The number of ether oxygens (including phenoxy) is 1. The van der Waals surface area contributed by atoms with E-state index >= 15 is 0 Å². The van der Waals surface area contributed by atoms with Crippen LogP contribution in [0.2, 0.25) is 5.02 Å². The summed E-state index contributed by atoms with van der Waals surface area (Å²) < 4.78 is 6.06. The molecule has 3 atom stereocenters. The Morgan fingerprint density at radius 1 is 1.26 bits per heavy atom. The number of morpholine rings is 1. The highest BCUT2D eigenvalue weighted by Gasteiger charge is 2.38. The summed E-state index contributed by atoms with van der Waals surface area (Å²) in [6.45, 7) is 2.41. The van der Waals surface area contributed by atoms with Crippen molar-refractivity contribution >= 4 is 17.5 Å². The minimum Gasteiger partial charge on any atom is -0.371 e. The molecule has 2 aliphatic rings. The van der Waals surface area contributed by atoms with Crippen LogP contribution in [0.25, 0.3) is 0 Å². The molecule has 2 fully saturated rings. The first-order chi connectivity index (χ1) is 13.2. The largest absolute Gasteiger partial charge is 0.371 e. The molecule has 1 aromatic carbocycles. The second-order valence-corrected chi connectivity index (χ2v) is 7.61. The van der Waals surface area contributed by atoms with Crippen molar-refractivity contribution in [2.75, 3.05) is 19.7 Å². The molecule has 7 heteroatoms. The van der Waals surface area contributed by atoms with Crippen LogP contribution in [0, 0.1) is 0 Å². The summed E-state index contributed by atoms with van der Waals surface area (Å²) in [6.07, 6.45) is 7.04. The molecule has 0 unspecified atom stereocenters. The van der Waals surface area contributed by atoms with Gasteiger partial charge in [-0.15, -0.1) is 0 Å². The maximum absolute atomic E-state index is 12.3. The Bertz CT molecular complexity index is 771. The maximum Gasteiger partial charge on any atom is 0.220 e. The fraction of sp³-hybridized carbons (Fsp3) is 0.450. The topological polar surface area (TPSA) is 67.3 Å². The third-order valence-corrected chi connectivity index (χ3v) is 5.50. The first kappa shape index (κ1) is 18.3. The third-order valence-electron chi connectivity index (χ3n) is 5.25. The number of benzene rings is 1. The summed E-state index contributed by atoms with van der Waals surface area (Å²) >= 11 is 5.97. The van der Waals surface area contributed by atoms with Crippen LogP contribution in [0.15, 0.2) is 42.9 Å². The van der Waals surface area contributed by atoms with Gasteiger partial charge in [0.1, 0.15) is 0 Å². The van der Waals surface area contributed by atoms with Crippen LogP contribution >= 0.6 is 11.6 Å². The van der Waals surface area contributed by atoms with Crippen LogP contribution in [0.5, 0.6) is 0 Å². The van der Waals surface area contributed by atoms with E-state index in [2.05, 4.69) is 20.2 Å². The van der Waals surface area contributed by atoms with E-state index in [9.17, 15) is 4.79 Å². The summed E-state index contributed by atoms with van der Waals surface area (Å²) in [6, 6.07) is 8.40. The number of amides is 1. The minimum absolute atomic E-state index is 0.0598. The van der Waals surface area contributed by atoms with Crippen molar-refractivity contribution in [3.05, 3.63) is 59.1 Å². The smallest absolute Gasteiger partial charge is 0.220 e. The number of nitrogens with one attached hydrogen (secondary N) is 1. The SMILES string of the molecule is O=C(CCc1cnccn1)N[C@H]1C[C@H]2CO[C@@H](c3ccc(Cl)cc3)CN2C1. The van der Waals surface area contributed by atoms with Gasteiger partial charge in [0.15, 0.2) is 0 Å². The Balaban J connectivity index is 1.27. The average molecular weight is 387 g/mol. The van der Waals surface area contributed by atoms with E-state index in [1.807, 2.05) is 24.3 Å². The molecule has 6 nitrogen and oxygen atoms in total. The fourth-order valence-corrected chi connectivity index (χ4v) is 3.98. The number of carbonyl (C=O) groups excluding carboxylic acids is 1. The van der Waals surface area contributed by atoms with Gasteiger partial charge in [-0.3, -0.25) is 19.7 Å². The standard InChI is InChI=1S/C20H23ClN4O2/c21-15-3-1-14(2-4-15)19-12-25-11-17(9-18(25)13-27-19)24-20(26)6-5-16-10-22-7-8-23-16/h1-4,7-8,10,17-19H,5-6,9,11-13H2,(H,24,26)/t17-,18-,19+/m0/s1. The van der Waals surface area contributed by atoms with Crippen LogP contribution < -0.4 is 5.32 Å². The predicted molar refractivity (Wildman–Crippen MR) is 102 cm³/mol. The zero-order chi connectivity index (χ0) is 18.6. The van der Waals surface area contributed by atoms with Gasteiger partial charge in [-0.25, -0.2) is 0 Å². The Hall–Kier alpha value is -2.02. The van der Waals surface area contributed by atoms with Crippen molar-refractivity contribution in [3.63, 3.8) is 0 Å². The lowest BCUT2D eigenvalue weighted by atomic mass is 10.1. The Morgan fingerprint density at radius 3 is 2.89 bits per heavy atom. The molecule has 0 aliphatic carbocycles. The molecular weight excluding hydrogens is 364 g/mol. The number of carbonyl (C=O) groups is 1. The molecule has 1 N–H and O–H groups in total. The number of aromatic nitrogens is 2. The van der Waals surface area contributed by atoms with Gasteiger partial charge in [0.25, 0.3) is 0 Å². The highest BCUT2D eigenvalue weighted by molar-refractivity contribution is 6.30. The van der Waals surface area contributed by atoms with Crippen molar-refractivity contribution in [2.24, 2.45) is 0 Å². The van der Waals surface area contributed by atoms with Crippen molar-refractivity contribution < 1.29 is 9.53 Å². The van der Waals surface area contributed by atoms with Gasteiger partial charge < -0.3 is 10.1 Å². The normalized spacial score (nSPS) is 25.1. The number of hydrogen-bond donors (Lipinski definition) is 1. The number of fused-ring (bicyclic) bond motifs is 1. The van der Waals surface area contributed by atoms with Gasteiger partial charge in [0, 0.05) is 55.2 Å². The van der Waals surface area contributed by atoms with Gasteiger partial charge in [-0.1, -0.05) is 23.7 Å². The monoisotopic (exact) mass is 386 g/mol. The van der Waals surface area contributed by atoms with Gasteiger partial charge >= 0.3 is 0 Å². The van der Waals surface area contributed by atoms with Crippen LogP contribution in [0.4, 0.5) is 0 Å². The quantitative estimate of drug-likeness (QED) is 0.854. The second kappa shape index (κ2) is 8.33. The van der Waals surface area contributed by atoms with E-state index < -0.39 is 0 Å². The molecule has 27 heavy (non-hydrogen) atoms. The van der Waals surface area contributed by atoms with Crippen LogP contribution in [0.3, 0.4) is 0 Å². The number of halogens is 1. The molecule has 4 rings (SSSR count). The molecular formula is C20H23ClN4O2. The van der Waals surface area contributed by atoms with E-state index in [0.717, 1.165) is 35.8 Å². The number of rotatable bonds is 5. The van der Waals surface area contributed by atoms with E-state index in [-0.39, 0.29) is 18.1 Å². The Morgan fingerprint density at radius 2 is 2.11 bits per heavy atom. The molecule has 3 heterocycles. The van der Waals surface area contributed by atoms with E-state index in [1.165, 1.54) is 0 Å². The fourth-order valence-electron chi connectivity index (χ4n) is 3.86. The molecule has 1 amide bonds. The highest BCUT2D eigenvalue weighted by atomic mass is 35.5. The van der Waals surface area contributed by atoms with Crippen molar-refractivity contribution in [1.29, 1.82) is 0 Å². The molecule has 142 valence electrons. The number of aryl methyl sites for hydroxylation is 1.